The van der Waals surface area contributed by atoms with Gasteiger partial charge in [0.2, 0.25) is 18.6 Å². The van der Waals surface area contributed by atoms with E-state index in [-0.39, 0.29) is 37.5 Å². The van der Waals surface area contributed by atoms with Crippen molar-refractivity contribution in [3.8, 4) is 11.5 Å². The van der Waals surface area contributed by atoms with Crippen molar-refractivity contribution in [2.75, 3.05) is 6.79 Å². The Morgan fingerprint density at radius 1 is 1.00 bits per heavy atom. The number of hydrogen-bond donors (Lipinski definition) is 2. The van der Waals surface area contributed by atoms with Crippen LogP contribution in [-0.2, 0) is 16.1 Å². The number of fused-ring (bicyclic) bond motifs is 1. The summed E-state index contributed by atoms with van der Waals surface area (Å²) in [6, 6.07) is 15.2. The Balaban J connectivity index is 1.39. The fraction of sp³-hybridized carbons (Fsp3) is 0.300. The van der Waals surface area contributed by atoms with E-state index in [1.165, 1.54) is 0 Å². The van der Waals surface area contributed by atoms with E-state index in [9.17, 15) is 9.59 Å². The maximum absolute atomic E-state index is 12.0. The van der Waals surface area contributed by atoms with E-state index in [4.69, 9.17) is 9.47 Å². The molecule has 2 aromatic rings. The maximum Gasteiger partial charge on any atom is 0.231 e. The fourth-order valence-electron chi connectivity index (χ4n) is 2.71. The predicted molar refractivity (Wildman–Crippen MR) is 96.6 cm³/mol. The molecule has 6 nitrogen and oxygen atoms in total. The van der Waals surface area contributed by atoms with Crippen molar-refractivity contribution in [1.29, 1.82) is 0 Å². The van der Waals surface area contributed by atoms with Gasteiger partial charge in [0.15, 0.2) is 11.5 Å². The molecule has 0 saturated heterocycles. The van der Waals surface area contributed by atoms with Crippen LogP contribution in [0.15, 0.2) is 48.5 Å². The van der Waals surface area contributed by atoms with E-state index in [0.717, 1.165) is 11.1 Å². The van der Waals surface area contributed by atoms with Crippen molar-refractivity contribution < 1.29 is 19.1 Å². The molecule has 0 spiro atoms. The number of nitrogens with one attached hydrogen (secondary N) is 2. The van der Waals surface area contributed by atoms with Gasteiger partial charge in [-0.15, -0.1) is 0 Å². The van der Waals surface area contributed by atoms with Gasteiger partial charge in [-0.1, -0.05) is 36.4 Å². The highest BCUT2D eigenvalue weighted by Gasteiger charge is 2.14. The molecule has 0 unspecified atom stereocenters. The van der Waals surface area contributed by atoms with Gasteiger partial charge in [-0.2, -0.15) is 0 Å². The zero-order chi connectivity index (χ0) is 18.4. The lowest BCUT2D eigenvalue weighted by Crippen LogP contribution is -2.29. The highest BCUT2D eigenvalue weighted by Crippen LogP contribution is 2.32. The third kappa shape index (κ3) is 4.75. The average molecular weight is 354 g/mol. The molecule has 0 fully saturated rings. The van der Waals surface area contributed by atoms with Crippen molar-refractivity contribution >= 4 is 11.8 Å². The summed E-state index contributed by atoms with van der Waals surface area (Å²) in [5.41, 5.74) is 1.96. The number of ether oxygens (including phenoxy) is 2. The van der Waals surface area contributed by atoms with Gasteiger partial charge in [0, 0.05) is 19.4 Å². The van der Waals surface area contributed by atoms with Crippen LogP contribution in [0.2, 0.25) is 0 Å². The zero-order valence-corrected chi connectivity index (χ0v) is 14.7. The number of amides is 2. The van der Waals surface area contributed by atoms with Gasteiger partial charge in [-0.25, -0.2) is 0 Å². The first-order chi connectivity index (χ1) is 12.6. The minimum atomic E-state index is -0.162. The van der Waals surface area contributed by atoms with Crippen LogP contribution in [0.4, 0.5) is 0 Å². The molecule has 2 amide bonds. The Bertz CT molecular complexity index is 777. The van der Waals surface area contributed by atoms with Crippen LogP contribution >= 0.6 is 0 Å². The second-order valence-corrected chi connectivity index (χ2v) is 6.16. The fourth-order valence-corrected chi connectivity index (χ4v) is 2.71. The molecule has 2 aromatic carbocycles. The van der Waals surface area contributed by atoms with Crippen molar-refractivity contribution in [2.24, 2.45) is 0 Å². The smallest absolute Gasteiger partial charge is 0.231 e. The van der Waals surface area contributed by atoms with Crippen molar-refractivity contribution in [2.45, 2.75) is 32.4 Å². The Morgan fingerprint density at radius 3 is 2.54 bits per heavy atom. The molecule has 136 valence electrons. The third-order valence-corrected chi connectivity index (χ3v) is 4.18. The van der Waals surface area contributed by atoms with Crippen LogP contribution < -0.4 is 20.1 Å². The highest BCUT2D eigenvalue weighted by molar-refractivity contribution is 5.83. The van der Waals surface area contributed by atoms with Crippen LogP contribution in [0.3, 0.4) is 0 Å². The second kappa shape index (κ2) is 8.38. The summed E-state index contributed by atoms with van der Waals surface area (Å²) in [6.07, 6.45) is 0.308. The van der Waals surface area contributed by atoms with Crippen LogP contribution in [0.1, 0.15) is 36.9 Å². The molecular formula is C20H22N2O4. The minimum Gasteiger partial charge on any atom is -0.454 e. The zero-order valence-electron chi connectivity index (χ0n) is 14.7. The van der Waals surface area contributed by atoms with E-state index in [2.05, 4.69) is 10.6 Å². The van der Waals surface area contributed by atoms with Crippen LogP contribution in [0.5, 0.6) is 11.5 Å². The lowest BCUT2D eigenvalue weighted by Gasteiger charge is -2.14. The van der Waals surface area contributed by atoms with Crippen LogP contribution in [-0.4, -0.2) is 18.6 Å². The Hall–Kier alpha value is -3.02. The summed E-state index contributed by atoms with van der Waals surface area (Å²) in [7, 11) is 0. The number of rotatable bonds is 7. The molecule has 3 rings (SSSR count). The first-order valence-electron chi connectivity index (χ1n) is 8.61. The van der Waals surface area contributed by atoms with Gasteiger partial charge in [0.05, 0.1) is 6.04 Å². The topological polar surface area (TPSA) is 76.7 Å². The van der Waals surface area contributed by atoms with Crippen molar-refractivity contribution in [3.05, 3.63) is 59.7 Å². The normalized spacial score (nSPS) is 13.1. The van der Waals surface area contributed by atoms with Gasteiger partial charge in [-0.3, -0.25) is 9.59 Å². The van der Waals surface area contributed by atoms with Gasteiger partial charge in [-0.05, 0) is 30.2 Å². The van der Waals surface area contributed by atoms with Crippen molar-refractivity contribution in [3.63, 3.8) is 0 Å². The van der Waals surface area contributed by atoms with Gasteiger partial charge in [0.1, 0.15) is 0 Å². The van der Waals surface area contributed by atoms with Crippen LogP contribution in [0, 0.1) is 0 Å². The van der Waals surface area contributed by atoms with Gasteiger partial charge < -0.3 is 20.1 Å². The van der Waals surface area contributed by atoms with E-state index >= 15 is 0 Å². The van der Waals surface area contributed by atoms with Gasteiger partial charge >= 0.3 is 0 Å². The summed E-state index contributed by atoms with van der Waals surface area (Å²) in [4.78, 5) is 24.0. The minimum absolute atomic E-state index is 0.0830. The summed E-state index contributed by atoms with van der Waals surface area (Å²) in [6.45, 7) is 2.53. The molecule has 1 heterocycles. The quantitative estimate of drug-likeness (QED) is 0.801. The molecule has 1 atom stereocenters. The molecule has 2 N–H and O–H groups in total. The Kier molecular flexibility index (Phi) is 5.73. The average Bonchev–Trinajstić information content (AvgIpc) is 3.13. The second-order valence-electron chi connectivity index (χ2n) is 6.16. The largest absolute Gasteiger partial charge is 0.454 e. The summed E-state index contributed by atoms with van der Waals surface area (Å²) in [5, 5.41) is 5.72. The molecule has 0 aliphatic carbocycles. The molecule has 1 aliphatic rings. The Labute approximate surface area is 152 Å². The van der Waals surface area contributed by atoms with Crippen molar-refractivity contribution in [1.82, 2.24) is 10.6 Å². The van der Waals surface area contributed by atoms with E-state index in [1.54, 1.807) is 0 Å². The molecule has 26 heavy (non-hydrogen) atoms. The maximum atomic E-state index is 12.0. The van der Waals surface area contributed by atoms with E-state index in [1.807, 2.05) is 55.5 Å². The number of hydrogen-bond acceptors (Lipinski definition) is 4. The van der Waals surface area contributed by atoms with E-state index < -0.39 is 0 Å². The number of carbonyl (C=O) groups is 2. The molecule has 0 saturated carbocycles. The Morgan fingerprint density at radius 2 is 1.73 bits per heavy atom. The number of carbonyl (C=O) groups excluding carboxylic acids is 2. The molecule has 0 radical (unpaired) electrons. The monoisotopic (exact) mass is 354 g/mol. The summed E-state index contributed by atoms with van der Waals surface area (Å²) in [5.74, 6) is 1.10. The first-order valence-corrected chi connectivity index (χ1v) is 8.61. The standard InChI is InChI=1S/C20H22N2O4/c1-14(16-5-3-2-4-6-16)22-20(24)10-9-19(23)21-12-15-7-8-17-18(11-15)26-13-25-17/h2-8,11,14H,9-10,12-13H2,1H3,(H,21,23)(H,22,24)/t14-/m1/s1. The predicted octanol–water partition coefficient (Wildman–Crippen LogP) is 2.69. The first kappa shape index (κ1) is 17.8. The SMILES string of the molecule is C[C@@H](NC(=O)CCC(=O)NCc1ccc2c(c1)OCO2)c1ccccc1. The van der Waals surface area contributed by atoms with E-state index in [0.29, 0.717) is 18.0 Å². The molecule has 6 heteroatoms. The van der Waals surface area contributed by atoms with Crippen LogP contribution in [0.25, 0.3) is 0 Å². The molecule has 1 aliphatic heterocycles. The molecular weight excluding hydrogens is 332 g/mol. The highest BCUT2D eigenvalue weighted by atomic mass is 16.7. The summed E-state index contributed by atoms with van der Waals surface area (Å²) < 4.78 is 10.6. The molecule has 0 bridgehead atoms. The lowest BCUT2D eigenvalue weighted by atomic mass is 10.1. The number of benzene rings is 2. The summed E-state index contributed by atoms with van der Waals surface area (Å²) >= 11 is 0. The third-order valence-electron chi connectivity index (χ3n) is 4.18. The van der Waals surface area contributed by atoms with Gasteiger partial charge in [0.25, 0.3) is 0 Å². The lowest BCUT2D eigenvalue weighted by molar-refractivity contribution is -0.126. The molecule has 0 aromatic heterocycles.